The quantitative estimate of drug-likeness (QED) is 0.0876. The smallest absolute Gasteiger partial charge is 0.328 e. The van der Waals surface area contributed by atoms with E-state index in [0.29, 0.717) is 5.75 Å². The lowest BCUT2D eigenvalue weighted by Gasteiger charge is -2.31. The molecule has 0 heterocycles. The first-order valence-corrected chi connectivity index (χ1v) is 13.1. The number of methoxy groups -OCH3 is 2. The van der Waals surface area contributed by atoms with Gasteiger partial charge in [-0.2, -0.15) is 0 Å². The highest BCUT2D eigenvalue weighted by molar-refractivity contribution is 5.97. The van der Waals surface area contributed by atoms with Gasteiger partial charge in [0.05, 0.1) is 14.2 Å². The van der Waals surface area contributed by atoms with Crippen molar-refractivity contribution in [2.24, 2.45) is 10.9 Å². The zero-order valence-electron chi connectivity index (χ0n) is 24.0. The van der Waals surface area contributed by atoms with Crippen molar-refractivity contribution in [1.82, 2.24) is 5.32 Å². The molecule has 11 heteroatoms. The van der Waals surface area contributed by atoms with Gasteiger partial charge in [0.1, 0.15) is 23.7 Å². The predicted octanol–water partition coefficient (Wildman–Crippen LogP) is 4.54. The Labute approximate surface area is 234 Å². The molecule has 0 saturated heterocycles. The first-order chi connectivity index (χ1) is 19.1. The lowest BCUT2D eigenvalue weighted by Crippen LogP contribution is -2.42. The van der Waals surface area contributed by atoms with Crippen LogP contribution in [0.3, 0.4) is 0 Å². The lowest BCUT2D eigenvalue weighted by molar-refractivity contribution is -0.153. The van der Waals surface area contributed by atoms with Crippen LogP contribution >= 0.6 is 0 Å². The third kappa shape index (κ3) is 8.56. The van der Waals surface area contributed by atoms with Crippen molar-refractivity contribution in [1.29, 1.82) is 0 Å². The van der Waals surface area contributed by atoms with Crippen LogP contribution in [0.2, 0.25) is 0 Å². The number of halogens is 1. The number of benzene rings is 1. The fourth-order valence-electron chi connectivity index (χ4n) is 4.87. The maximum Gasteiger partial charge on any atom is 0.328 e. The number of nitrogens with one attached hydrogen (secondary N) is 1. The molecule has 1 amide bonds. The SMILES string of the molecule is C=N/C(C(=O)N[C@@H](C)C(=O)O[C@@H](C)[C@@H](c1ccc(F)cc1OC)C1CCCC1)=C(OCOC(C)=O)\C(=C/C)OC. The van der Waals surface area contributed by atoms with E-state index in [9.17, 15) is 18.8 Å². The number of carbonyl (C=O) groups excluding carboxylic acids is 3. The fraction of sp³-hybridized carbons (Fsp3) is 0.517. The molecule has 0 bridgehead atoms. The summed E-state index contributed by atoms with van der Waals surface area (Å²) in [5.74, 6) is -2.06. The molecule has 40 heavy (non-hydrogen) atoms. The molecule has 1 aliphatic rings. The second-order valence-electron chi connectivity index (χ2n) is 9.38. The molecule has 1 N–H and O–H groups in total. The van der Waals surface area contributed by atoms with Crippen LogP contribution in [0.1, 0.15) is 64.9 Å². The molecule has 3 atom stereocenters. The van der Waals surface area contributed by atoms with Gasteiger partial charge in [-0.15, -0.1) is 0 Å². The maximum atomic E-state index is 13.9. The summed E-state index contributed by atoms with van der Waals surface area (Å²) in [4.78, 5) is 41.1. The normalized spacial score (nSPS) is 16.6. The summed E-state index contributed by atoms with van der Waals surface area (Å²) in [7, 11) is 2.84. The summed E-state index contributed by atoms with van der Waals surface area (Å²) in [6, 6.07) is 3.29. The van der Waals surface area contributed by atoms with Crippen LogP contribution in [0.5, 0.6) is 5.75 Å². The zero-order valence-corrected chi connectivity index (χ0v) is 24.0. The van der Waals surface area contributed by atoms with Gasteiger partial charge in [-0.3, -0.25) is 14.6 Å². The minimum absolute atomic E-state index is 0.127. The number of carbonyl (C=O) groups is 3. The maximum absolute atomic E-state index is 13.9. The molecule has 1 saturated carbocycles. The number of rotatable bonds is 14. The van der Waals surface area contributed by atoms with Gasteiger partial charge in [0, 0.05) is 24.5 Å². The van der Waals surface area contributed by atoms with Gasteiger partial charge in [-0.1, -0.05) is 18.9 Å². The minimum Gasteiger partial charge on any atom is -0.496 e. The molecule has 0 unspecified atom stereocenters. The molecular formula is C29H39FN2O8. The van der Waals surface area contributed by atoms with E-state index < -0.39 is 42.6 Å². The molecule has 1 fully saturated rings. The van der Waals surface area contributed by atoms with Crippen molar-refractivity contribution in [3.8, 4) is 5.75 Å². The summed E-state index contributed by atoms with van der Waals surface area (Å²) in [6.45, 7) is 9.04. The number of amides is 1. The Hall–Kier alpha value is -3.89. The highest BCUT2D eigenvalue weighted by atomic mass is 19.1. The van der Waals surface area contributed by atoms with E-state index in [1.165, 1.54) is 46.3 Å². The number of ether oxygens (including phenoxy) is 5. The molecule has 1 aliphatic carbocycles. The first-order valence-electron chi connectivity index (χ1n) is 13.1. The second kappa shape index (κ2) is 15.6. The second-order valence-corrected chi connectivity index (χ2v) is 9.38. The summed E-state index contributed by atoms with van der Waals surface area (Å²) in [5.41, 5.74) is 0.483. The van der Waals surface area contributed by atoms with Gasteiger partial charge in [0.25, 0.3) is 5.91 Å². The van der Waals surface area contributed by atoms with E-state index in [1.54, 1.807) is 19.9 Å². The average molecular weight is 563 g/mol. The molecular weight excluding hydrogens is 523 g/mol. The van der Waals surface area contributed by atoms with Gasteiger partial charge < -0.3 is 29.0 Å². The van der Waals surface area contributed by atoms with Crippen molar-refractivity contribution < 1.29 is 42.5 Å². The molecule has 1 aromatic carbocycles. The number of aliphatic imine (C=N–C) groups is 1. The molecule has 10 nitrogen and oxygen atoms in total. The highest BCUT2D eigenvalue weighted by Gasteiger charge is 2.36. The van der Waals surface area contributed by atoms with Gasteiger partial charge in [0.15, 0.2) is 17.2 Å². The van der Waals surface area contributed by atoms with Crippen LogP contribution in [0.4, 0.5) is 4.39 Å². The molecule has 0 spiro atoms. The van der Waals surface area contributed by atoms with Crippen molar-refractivity contribution in [2.45, 2.75) is 71.4 Å². The molecule has 0 aromatic heterocycles. The molecule has 0 radical (unpaired) electrons. The average Bonchev–Trinajstić information content (AvgIpc) is 3.44. The number of esters is 2. The van der Waals surface area contributed by atoms with E-state index >= 15 is 0 Å². The largest absolute Gasteiger partial charge is 0.496 e. The van der Waals surface area contributed by atoms with Gasteiger partial charge in [-0.25, -0.2) is 9.18 Å². The van der Waals surface area contributed by atoms with E-state index in [-0.39, 0.29) is 29.1 Å². The summed E-state index contributed by atoms with van der Waals surface area (Å²) < 4.78 is 40.7. The van der Waals surface area contributed by atoms with Crippen LogP contribution in [0.25, 0.3) is 0 Å². The van der Waals surface area contributed by atoms with Crippen molar-refractivity contribution >= 4 is 24.6 Å². The van der Waals surface area contributed by atoms with Crippen LogP contribution < -0.4 is 10.1 Å². The third-order valence-electron chi connectivity index (χ3n) is 6.73. The highest BCUT2D eigenvalue weighted by Crippen LogP contribution is 2.43. The predicted molar refractivity (Wildman–Crippen MR) is 146 cm³/mol. The Morgan fingerprint density at radius 2 is 1.85 bits per heavy atom. The number of hydrogen-bond acceptors (Lipinski definition) is 9. The Morgan fingerprint density at radius 1 is 1.18 bits per heavy atom. The van der Waals surface area contributed by atoms with Crippen LogP contribution in [0.15, 0.2) is 46.5 Å². The van der Waals surface area contributed by atoms with Gasteiger partial charge in [0.2, 0.25) is 6.79 Å². The van der Waals surface area contributed by atoms with E-state index in [2.05, 4.69) is 17.0 Å². The Kier molecular flexibility index (Phi) is 12.6. The first kappa shape index (κ1) is 32.3. The topological polar surface area (TPSA) is 122 Å². The van der Waals surface area contributed by atoms with Crippen LogP contribution in [-0.2, 0) is 33.3 Å². The Morgan fingerprint density at radius 3 is 2.40 bits per heavy atom. The minimum atomic E-state index is -1.07. The van der Waals surface area contributed by atoms with Crippen molar-refractivity contribution in [2.75, 3.05) is 21.0 Å². The number of allylic oxidation sites excluding steroid dienone is 1. The number of hydrogen-bond donors (Lipinski definition) is 1. The Balaban J connectivity index is 2.24. The third-order valence-corrected chi connectivity index (χ3v) is 6.73. The molecule has 220 valence electrons. The molecule has 0 aliphatic heterocycles. The van der Waals surface area contributed by atoms with Crippen LogP contribution in [0, 0.1) is 11.7 Å². The fourth-order valence-corrected chi connectivity index (χ4v) is 4.87. The van der Waals surface area contributed by atoms with E-state index in [0.717, 1.165) is 31.2 Å². The van der Waals surface area contributed by atoms with Gasteiger partial charge >= 0.3 is 11.9 Å². The lowest BCUT2D eigenvalue weighted by atomic mass is 9.80. The zero-order chi connectivity index (χ0) is 29.8. The summed E-state index contributed by atoms with van der Waals surface area (Å²) >= 11 is 0. The van der Waals surface area contributed by atoms with Crippen LogP contribution in [-0.4, -0.2) is 57.7 Å². The number of nitrogens with zero attached hydrogens (tertiary/aromatic N) is 1. The van der Waals surface area contributed by atoms with E-state index in [1.807, 2.05) is 0 Å². The molecule has 2 rings (SSSR count). The monoisotopic (exact) mass is 562 g/mol. The summed E-state index contributed by atoms with van der Waals surface area (Å²) in [5, 5.41) is 2.55. The van der Waals surface area contributed by atoms with Gasteiger partial charge in [-0.05, 0) is 58.4 Å². The van der Waals surface area contributed by atoms with Crippen molar-refractivity contribution in [3.63, 3.8) is 0 Å². The molecule has 1 aromatic rings. The van der Waals surface area contributed by atoms with Crippen molar-refractivity contribution in [3.05, 3.63) is 52.9 Å². The standard InChI is InChI=1S/C29H39FN2O8/c1-8-23(36-6)27(39-16-38-19(4)33)26(31-5)28(34)32-17(2)29(35)40-18(3)25(20-11-9-10-12-20)22-14-13-21(30)15-24(22)37-7/h8,13-15,17-18,20,25H,5,9-12,16H2,1-4,6-7H3,(H,32,34)/b23-8+,27-26+/t17-,18-,25+/m0/s1. The summed E-state index contributed by atoms with van der Waals surface area (Å²) in [6.07, 6.45) is 4.93. The van der Waals surface area contributed by atoms with E-state index in [4.69, 9.17) is 23.7 Å². The Bertz CT molecular complexity index is 1130.